The summed E-state index contributed by atoms with van der Waals surface area (Å²) in [5.74, 6) is 1.91. The van der Waals surface area contributed by atoms with Gasteiger partial charge in [0.15, 0.2) is 0 Å². The Hall–Kier alpha value is -1.09. The van der Waals surface area contributed by atoms with E-state index in [1.807, 2.05) is 0 Å². The summed E-state index contributed by atoms with van der Waals surface area (Å²) in [6.45, 7) is 10.9. The highest BCUT2D eigenvalue weighted by atomic mass is 15.2. The van der Waals surface area contributed by atoms with Gasteiger partial charge in [0, 0.05) is 25.2 Å². The molecule has 1 N–H and O–H groups in total. The molecule has 2 atom stereocenters. The van der Waals surface area contributed by atoms with Crippen LogP contribution in [0.1, 0.15) is 39.8 Å². The van der Waals surface area contributed by atoms with Gasteiger partial charge in [0.25, 0.3) is 0 Å². The van der Waals surface area contributed by atoms with E-state index in [0.29, 0.717) is 12.1 Å². The molecule has 1 aromatic heterocycles. The van der Waals surface area contributed by atoms with Gasteiger partial charge in [-0.25, -0.2) is 4.98 Å². The summed E-state index contributed by atoms with van der Waals surface area (Å²) in [4.78, 5) is 7.21. The van der Waals surface area contributed by atoms with Crippen LogP contribution < -0.4 is 10.2 Å². The number of nitrogens with zero attached hydrogens (tertiary/aromatic N) is 2. The molecule has 1 fully saturated rings. The zero-order valence-electron chi connectivity index (χ0n) is 12.0. The van der Waals surface area contributed by atoms with Crippen molar-refractivity contribution in [2.24, 2.45) is 5.92 Å². The lowest BCUT2D eigenvalue weighted by Crippen LogP contribution is -2.28. The Bertz CT molecular complexity index is 389. The van der Waals surface area contributed by atoms with Crippen molar-refractivity contribution in [2.45, 2.75) is 52.7 Å². The van der Waals surface area contributed by atoms with Crippen LogP contribution >= 0.6 is 0 Å². The number of hydrogen-bond donors (Lipinski definition) is 1. The van der Waals surface area contributed by atoms with Gasteiger partial charge in [0.2, 0.25) is 0 Å². The molecule has 0 radical (unpaired) electrons. The Morgan fingerprint density at radius 3 is 2.78 bits per heavy atom. The molecule has 18 heavy (non-hydrogen) atoms. The van der Waals surface area contributed by atoms with E-state index in [1.54, 1.807) is 0 Å². The van der Waals surface area contributed by atoms with Crippen LogP contribution in [0, 0.1) is 5.92 Å². The first kappa shape index (κ1) is 13.3. The van der Waals surface area contributed by atoms with Gasteiger partial charge in [0.1, 0.15) is 5.82 Å². The zero-order valence-corrected chi connectivity index (χ0v) is 12.0. The first-order valence-corrected chi connectivity index (χ1v) is 7.02. The third kappa shape index (κ3) is 3.22. The standard InChI is InChI=1S/C15H25N3/c1-11(2)16-9-14-6-5-7-15(17-14)18-10-12(3)8-13(18)4/h5-7,11-13,16H,8-10H2,1-4H3. The molecule has 0 amide bonds. The van der Waals surface area contributed by atoms with Crippen LogP contribution in [0.4, 0.5) is 5.82 Å². The minimum atomic E-state index is 0.501. The van der Waals surface area contributed by atoms with Crippen LogP contribution in [0.15, 0.2) is 18.2 Å². The molecule has 1 aliphatic rings. The number of hydrogen-bond acceptors (Lipinski definition) is 3. The van der Waals surface area contributed by atoms with Gasteiger partial charge in [-0.2, -0.15) is 0 Å². The van der Waals surface area contributed by atoms with E-state index < -0.39 is 0 Å². The van der Waals surface area contributed by atoms with Crippen LogP contribution in [0.3, 0.4) is 0 Å². The van der Waals surface area contributed by atoms with Crippen molar-refractivity contribution in [1.82, 2.24) is 10.3 Å². The van der Waals surface area contributed by atoms with Crippen LogP contribution in [-0.4, -0.2) is 23.6 Å². The first-order chi connectivity index (χ1) is 8.56. The van der Waals surface area contributed by atoms with E-state index in [4.69, 9.17) is 4.98 Å². The van der Waals surface area contributed by atoms with Crippen molar-refractivity contribution >= 4 is 5.82 Å². The molecule has 2 rings (SSSR count). The number of aromatic nitrogens is 1. The maximum Gasteiger partial charge on any atom is 0.129 e. The Balaban J connectivity index is 2.07. The lowest BCUT2D eigenvalue weighted by Gasteiger charge is -2.23. The molecule has 1 aliphatic heterocycles. The van der Waals surface area contributed by atoms with Gasteiger partial charge < -0.3 is 10.2 Å². The normalized spacial score (nSPS) is 23.9. The van der Waals surface area contributed by atoms with Crippen molar-refractivity contribution in [3.8, 4) is 0 Å². The van der Waals surface area contributed by atoms with Gasteiger partial charge in [-0.1, -0.05) is 26.8 Å². The van der Waals surface area contributed by atoms with Crippen LogP contribution in [0.5, 0.6) is 0 Å². The molecule has 0 spiro atoms. The van der Waals surface area contributed by atoms with Crippen molar-refractivity contribution in [1.29, 1.82) is 0 Å². The molecule has 0 saturated carbocycles. The molecule has 2 unspecified atom stereocenters. The second-order valence-corrected chi connectivity index (χ2v) is 5.86. The molecule has 0 aliphatic carbocycles. The summed E-state index contributed by atoms with van der Waals surface area (Å²) in [6.07, 6.45) is 1.27. The second-order valence-electron chi connectivity index (χ2n) is 5.86. The van der Waals surface area contributed by atoms with Gasteiger partial charge in [-0.05, 0) is 31.4 Å². The predicted octanol–water partition coefficient (Wildman–Crippen LogP) is 2.81. The van der Waals surface area contributed by atoms with E-state index in [1.165, 1.54) is 6.42 Å². The summed E-state index contributed by atoms with van der Waals surface area (Å²) in [5.41, 5.74) is 1.13. The molecule has 2 heterocycles. The van der Waals surface area contributed by atoms with Crippen molar-refractivity contribution < 1.29 is 0 Å². The highest BCUT2D eigenvalue weighted by Crippen LogP contribution is 2.27. The largest absolute Gasteiger partial charge is 0.354 e. The van der Waals surface area contributed by atoms with Crippen molar-refractivity contribution in [3.05, 3.63) is 23.9 Å². The second kappa shape index (κ2) is 5.70. The summed E-state index contributed by atoms with van der Waals surface area (Å²) in [5, 5.41) is 3.42. The monoisotopic (exact) mass is 247 g/mol. The fourth-order valence-corrected chi connectivity index (χ4v) is 2.65. The van der Waals surface area contributed by atoms with E-state index in [9.17, 15) is 0 Å². The minimum Gasteiger partial charge on any atom is -0.354 e. The lowest BCUT2D eigenvalue weighted by atomic mass is 10.1. The van der Waals surface area contributed by atoms with E-state index in [0.717, 1.165) is 30.5 Å². The van der Waals surface area contributed by atoms with Gasteiger partial charge >= 0.3 is 0 Å². The summed E-state index contributed by atoms with van der Waals surface area (Å²) in [7, 11) is 0. The number of anilines is 1. The molecular formula is C15H25N3. The van der Waals surface area contributed by atoms with E-state index in [-0.39, 0.29) is 0 Å². The van der Waals surface area contributed by atoms with Crippen LogP contribution in [0.25, 0.3) is 0 Å². The third-order valence-electron chi connectivity index (χ3n) is 3.56. The molecule has 3 heteroatoms. The quantitative estimate of drug-likeness (QED) is 0.887. The first-order valence-electron chi connectivity index (χ1n) is 7.02. The minimum absolute atomic E-state index is 0.501. The summed E-state index contributed by atoms with van der Waals surface area (Å²) in [6, 6.07) is 7.47. The molecule has 100 valence electrons. The van der Waals surface area contributed by atoms with Gasteiger partial charge in [0.05, 0.1) is 5.69 Å². The fourth-order valence-electron chi connectivity index (χ4n) is 2.65. The topological polar surface area (TPSA) is 28.2 Å². The third-order valence-corrected chi connectivity index (χ3v) is 3.56. The Kier molecular flexibility index (Phi) is 4.23. The lowest BCUT2D eigenvalue weighted by molar-refractivity contribution is 0.580. The van der Waals surface area contributed by atoms with Gasteiger partial charge in [-0.3, -0.25) is 0 Å². The molecule has 3 nitrogen and oxygen atoms in total. The maximum absolute atomic E-state index is 4.78. The SMILES string of the molecule is CC1CC(C)N(c2cccc(CNC(C)C)n2)C1. The highest BCUT2D eigenvalue weighted by molar-refractivity contribution is 5.41. The van der Waals surface area contributed by atoms with E-state index in [2.05, 4.69) is 56.1 Å². The Morgan fingerprint density at radius 2 is 2.17 bits per heavy atom. The molecule has 0 bridgehead atoms. The Labute approximate surface area is 111 Å². The average molecular weight is 247 g/mol. The van der Waals surface area contributed by atoms with Gasteiger partial charge in [-0.15, -0.1) is 0 Å². The maximum atomic E-state index is 4.78. The number of nitrogens with one attached hydrogen (secondary N) is 1. The summed E-state index contributed by atoms with van der Waals surface area (Å²) >= 11 is 0. The van der Waals surface area contributed by atoms with Crippen molar-refractivity contribution in [2.75, 3.05) is 11.4 Å². The number of rotatable bonds is 4. The van der Waals surface area contributed by atoms with Crippen molar-refractivity contribution in [3.63, 3.8) is 0 Å². The molecular weight excluding hydrogens is 222 g/mol. The number of pyridine rings is 1. The Morgan fingerprint density at radius 1 is 1.39 bits per heavy atom. The molecule has 1 aromatic rings. The fraction of sp³-hybridized carbons (Fsp3) is 0.667. The zero-order chi connectivity index (χ0) is 13.1. The predicted molar refractivity (Wildman–Crippen MR) is 76.8 cm³/mol. The smallest absolute Gasteiger partial charge is 0.129 e. The molecule has 0 aromatic carbocycles. The van der Waals surface area contributed by atoms with Crippen LogP contribution in [0.2, 0.25) is 0 Å². The van der Waals surface area contributed by atoms with E-state index >= 15 is 0 Å². The molecule has 1 saturated heterocycles. The average Bonchev–Trinajstić information content (AvgIpc) is 2.66. The van der Waals surface area contributed by atoms with Crippen LogP contribution in [-0.2, 0) is 6.54 Å². The summed E-state index contributed by atoms with van der Waals surface area (Å²) < 4.78 is 0. The highest BCUT2D eigenvalue weighted by Gasteiger charge is 2.26.